The second kappa shape index (κ2) is 10.0. The minimum Gasteiger partial charge on any atom is -0.452 e. The molecule has 0 spiro atoms. The topological polar surface area (TPSA) is 92.8 Å². The summed E-state index contributed by atoms with van der Waals surface area (Å²) < 4.78 is 32.2. The molecule has 0 saturated carbocycles. The van der Waals surface area contributed by atoms with Crippen LogP contribution in [0, 0.1) is 0 Å². The molecule has 2 aromatic carbocycles. The number of carbonyl (C=O) groups is 2. The fourth-order valence-corrected chi connectivity index (χ4v) is 3.90. The zero-order valence-electron chi connectivity index (χ0n) is 15.9. The van der Waals surface area contributed by atoms with Gasteiger partial charge in [0.15, 0.2) is 6.10 Å². The molecule has 28 heavy (non-hydrogen) atoms. The fourth-order valence-electron chi connectivity index (χ4n) is 2.50. The summed E-state index contributed by atoms with van der Waals surface area (Å²) >= 11 is 0. The first-order chi connectivity index (χ1) is 13.3. The molecule has 1 N–H and O–H groups in total. The zero-order valence-corrected chi connectivity index (χ0v) is 16.7. The number of ether oxygens (including phenoxy) is 1. The van der Waals surface area contributed by atoms with Gasteiger partial charge in [0.25, 0.3) is 5.91 Å². The van der Waals surface area contributed by atoms with Crippen molar-refractivity contribution in [2.45, 2.75) is 31.4 Å². The molecule has 150 valence electrons. The van der Waals surface area contributed by atoms with E-state index in [2.05, 4.69) is 5.32 Å². The standard InChI is InChI=1S/C20H24N2O5S/c1-3-21-20(24)16(2)27-19(23)15-22(14-17-10-6-4-7-11-17)28(25,26)18-12-8-5-9-13-18/h4-13,16H,3,14-15H2,1-2H3,(H,21,24)/t16-/m1/s1. The molecular weight excluding hydrogens is 380 g/mol. The van der Waals surface area contributed by atoms with Crippen molar-refractivity contribution >= 4 is 21.9 Å². The van der Waals surface area contributed by atoms with E-state index in [9.17, 15) is 18.0 Å². The number of sulfonamides is 1. The third-order valence-electron chi connectivity index (χ3n) is 3.92. The second-order valence-electron chi connectivity index (χ2n) is 6.10. The van der Waals surface area contributed by atoms with Crippen molar-refractivity contribution in [1.29, 1.82) is 0 Å². The molecule has 1 atom stereocenters. The van der Waals surface area contributed by atoms with E-state index >= 15 is 0 Å². The van der Waals surface area contributed by atoms with Crippen LogP contribution in [0.25, 0.3) is 0 Å². The van der Waals surface area contributed by atoms with Crippen molar-refractivity contribution < 1.29 is 22.7 Å². The summed E-state index contributed by atoms with van der Waals surface area (Å²) in [4.78, 5) is 24.2. The molecule has 1 amide bonds. The number of amides is 1. The predicted octanol–water partition coefficient (Wildman–Crippen LogP) is 1.95. The minimum absolute atomic E-state index is 0.00268. The average Bonchev–Trinajstić information content (AvgIpc) is 2.69. The smallest absolute Gasteiger partial charge is 0.322 e. The maximum atomic E-state index is 13.0. The van der Waals surface area contributed by atoms with Crippen molar-refractivity contribution in [3.63, 3.8) is 0 Å². The Labute approximate surface area is 165 Å². The molecule has 0 fully saturated rings. The van der Waals surface area contributed by atoms with Crippen LogP contribution in [0.2, 0.25) is 0 Å². The molecule has 0 radical (unpaired) electrons. The first-order valence-electron chi connectivity index (χ1n) is 8.91. The van der Waals surface area contributed by atoms with E-state index in [4.69, 9.17) is 4.74 Å². The van der Waals surface area contributed by atoms with E-state index in [-0.39, 0.29) is 11.4 Å². The van der Waals surface area contributed by atoms with Crippen LogP contribution in [0.15, 0.2) is 65.6 Å². The van der Waals surface area contributed by atoms with Gasteiger partial charge in [0.1, 0.15) is 6.54 Å². The molecule has 7 nitrogen and oxygen atoms in total. The van der Waals surface area contributed by atoms with Crippen molar-refractivity contribution in [2.24, 2.45) is 0 Å². The zero-order chi connectivity index (χ0) is 20.6. The van der Waals surface area contributed by atoms with Crippen LogP contribution in [0.1, 0.15) is 19.4 Å². The average molecular weight is 404 g/mol. The Bertz CT molecular complexity index is 885. The van der Waals surface area contributed by atoms with Gasteiger partial charge >= 0.3 is 5.97 Å². The Kier molecular flexibility index (Phi) is 7.71. The third-order valence-corrected chi connectivity index (χ3v) is 5.72. The highest BCUT2D eigenvalue weighted by Crippen LogP contribution is 2.18. The SMILES string of the molecule is CCNC(=O)[C@@H](C)OC(=O)CN(Cc1ccccc1)S(=O)(=O)c1ccccc1. The summed E-state index contributed by atoms with van der Waals surface area (Å²) in [6, 6.07) is 16.8. The second-order valence-corrected chi connectivity index (χ2v) is 8.04. The Morgan fingerprint density at radius 3 is 2.18 bits per heavy atom. The molecule has 2 rings (SSSR count). The van der Waals surface area contributed by atoms with Gasteiger partial charge in [0.05, 0.1) is 4.90 Å². The Morgan fingerprint density at radius 2 is 1.61 bits per heavy atom. The molecule has 2 aromatic rings. The molecule has 0 aliphatic carbocycles. The lowest BCUT2D eigenvalue weighted by molar-refractivity contribution is -0.154. The normalized spacial score (nSPS) is 12.4. The van der Waals surface area contributed by atoms with E-state index in [1.54, 1.807) is 49.4 Å². The largest absolute Gasteiger partial charge is 0.452 e. The number of rotatable bonds is 9. The van der Waals surface area contributed by atoms with E-state index in [1.165, 1.54) is 19.1 Å². The number of esters is 1. The highest BCUT2D eigenvalue weighted by atomic mass is 32.2. The van der Waals surface area contributed by atoms with Gasteiger partial charge in [-0.25, -0.2) is 8.42 Å². The minimum atomic E-state index is -3.93. The number of likely N-dealkylation sites (N-methyl/N-ethyl adjacent to an activating group) is 1. The molecule has 0 aromatic heterocycles. The molecule has 0 aliphatic rings. The fraction of sp³-hybridized carbons (Fsp3) is 0.300. The van der Waals surface area contributed by atoms with Crippen LogP contribution in [-0.4, -0.2) is 43.8 Å². The number of carbonyl (C=O) groups excluding carboxylic acids is 2. The monoisotopic (exact) mass is 404 g/mol. The van der Waals surface area contributed by atoms with Gasteiger partial charge in [-0.15, -0.1) is 0 Å². The van der Waals surface area contributed by atoms with Gasteiger partial charge in [-0.2, -0.15) is 4.31 Å². The van der Waals surface area contributed by atoms with Crippen LogP contribution < -0.4 is 5.32 Å². The van der Waals surface area contributed by atoms with E-state index in [1.807, 2.05) is 6.07 Å². The van der Waals surface area contributed by atoms with Crippen molar-refractivity contribution in [3.05, 3.63) is 66.2 Å². The van der Waals surface area contributed by atoms with Gasteiger partial charge in [-0.1, -0.05) is 48.5 Å². The predicted molar refractivity (Wildman–Crippen MR) is 105 cm³/mol. The van der Waals surface area contributed by atoms with Crippen molar-refractivity contribution in [3.8, 4) is 0 Å². The van der Waals surface area contributed by atoms with Crippen molar-refractivity contribution in [2.75, 3.05) is 13.1 Å². The summed E-state index contributed by atoms with van der Waals surface area (Å²) in [5.74, 6) is -1.23. The summed E-state index contributed by atoms with van der Waals surface area (Å²) in [7, 11) is -3.93. The van der Waals surface area contributed by atoms with Gasteiger partial charge in [0, 0.05) is 13.1 Å². The number of nitrogens with one attached hydrogen (secondary N) is 1. The lowest BCUT2D eigenvalue weighted by Crippen LogP contribution is -2.40. The Hall–Kier alpha value is -2.71. The molecular formula is C20H24N2O5S. The van der Waals surface area contributed by atoms with Crippen LogP contribution >= 0.6 is 0 Å². The molecule has 0 aliphatic heterocycles. The lowest BCUT2D eigenvalue weighted by atomic mass is 10.2. The first-order valence-corrected chi connectivity index (χ1v) is 10.3. The van der Waals surface area contributed by atoms with Crippen LogP contribution in [-0.2, 0) is 30.9 Å². The molecule has 0 bridgehead atoms. The molecule has 8 heteroatoms. The maximum absolute atomic E-state index is 13.0. The Balaban J connectivity index is 2.21. The molecule has 0 heterocycles. The highest BCUT2D eigenvalue weighted by Gasteiger charge is 2.28. The van der Waals surface area contributed by atoms with Gasteiger partial charge in [-0.05, 0) is 31.5 Å². The number of nitrogens with zero attached hydrogens (tertiary/aromatic N) is 1. The lowest BCUT2D eigenvalue weighted by Gasteiger charge is -2.22. The summed E-state index contributed by atoms with van der Waals surface area (Å²) in [6.45, 7) is 3.10. The quantitative estimate of drug-likeness (QED) is 0.645. The van der Waals surface area contributed by atoms with E-state index in [0.29, 0.717) is 6.54 Å². The van der Waals surface area contributed by atoms with Crippen LogP contribution in [0.5, 0.6) is 0 Å². The van der Waals surface area contributed by atoms with Gasteiger partial charge in [-0.3, -0.25) is 9.59 Å². The third kappa shape index (κ3) is 5.90. The van der Waals surface area contributed by atoms with Crippen LogP contribution in [0.4, 0.5) is 0 Å². The highest BCUT2D eigenvalue weighted by molar-refractivity contribution is 7.89. The van der Waals surface area contributed by atoms with Crippen LogP contribution in [0.3, 0.4) is 0 Å². The number of benzene rings is 2. The number of hydrogen-bond acceptors (Lipinski definition) is 5. The summed E-state index contributed by atoms with van der Waals surface area (Å²) in [5.41, 5.74) is 0.728. The van der Waals surface area contributed by atoms with E-state index in [0.717, 1.165) is 9.87 Å². The molecule has 0 unspecified atom stereocenters. The number of hydrogen-bond donors (Lipinski definition) is 1. The summed E-state index contributed by atoms with van der Waals surface area (Å²) in [5, 5.41) is 2.55. The van der Waals surface area contributed by atoms with Crippen molar-refractivity contribution in [1.82, 2.24) is 9.62 Å². The van der Waals surface area contributed by atoms with Gasteiger partial charge in [0.2, 0.25) is 10.0 Å². The summed E-state index contributed by atoms with van der Waals surface area (Å²) in [6.07, 6.45) is -1.01. The van der Waals surface area contributed by atoms with Gasteiger partial charge < -0.3 is 10.1 Å². The first kappa shape index (κ1) is 21.6. The Morgan fingerprint density at radius 1 is 1.04 bits per heavy atom. The molecule has 0 saturated heterocycles. The van der Waals surface area contributed by atoms with E-state index < -0.39 is 34.5 Å². The maximum Gasteiger partial charge on any atom is 0.322 e.